The van der Waals surface area contributed by atoms with Gasteiger partial charge in [0.2, 0.25) is 5.91 Å². The van der Waals surface area contributed by atoms with Crippen LogP contribution in [0.1, 0.15) is 23.5 Å². The molecule has 4 rings (SSSR count). The minimum absolute atomic E-state index is 0.0265. The highest BCUT2D eigenvalue weighted by Gasteiger charge is 2.32. The lowest BCUT2D eigenvalue weighted by atomic mass is 9.84. The van der Waals surface area contributed by atoms with Crippen molar-refractivity contribution in [2.75, 3.05) is 12.4 Å². The summed E-state index contributed by atoms with van der Waals surface area (Å²) < 4.78 is 5.33. The summed E-state index contributed by atoms with van der Waals surface area (Å²) in [5.41, 5.74) is 4.06. The molecule has 0 unspecified atom stereocenters. The molecular formula is C19H17N3O2. The molecule has 5 heteroatoms. The largest absolute Gasteiger partial charge is 0.497 e. The van der Waals surface area contributed by atoms with Crippen LogP contribution in [0.3, 0.4) is 0 Å². The molecule has 0 spiro atoms. The zero-order valence-corrected chi connectivity index (χ0v) is 13.2. The number of amides is 1. The zero-order chi connectivity index (χ0) is 16.5. The molecule has 24 heavy (non-hydrogen) atoms. The number of ether oxygens (including phenoxy) is 1. The van der Waals surface area contributed by atoms with Crippen LogP contribution in [-0.2, 0) is 4.79 Å². The Morgan fingerprint density at radius 2 is 1.96 bits per heavy atom. The van der Waals surface area contributed by atoms with Gasteiger partial charge in [-0.1, -0.05) is 42.5 Å². The molecule has 1 atom stereocenters. The van der Waals surface area contributed by atoms with Gasteiger partial charge in [0, 0.05) is 17.9 Å². The highest BCUT2D eigenvalue weighted by atomic mass is 16.5. The lowest BCUT2D eigenvalue weighted by molar-refractivity contribution is -0.116. The molecule has 0 aliphatic carbocycles. The smallest absolute Gasteiger partial charge is 0.226 e. The average Bonchev–Trinajstić information content (AvgIpc) is 3.05. The van der Waals surface area contributed by atoms with Crippen LogP contribution < -0.4 is 10.1 Å². The first-order chi connectivity index (χ1) is 11.8. The number of hydrogen-bond donors (Lipinski definition) is 2. The quantitative estimate of drug-likeness (QED) is 0.775. The van der Waals surface area contributed by atoms with Crippen LogP contribution >= 0.6 is 0 Å². The van der Waals surface area contributed by atoms with Crippen molar-refractivity contribution in [3.05, 3.63) is 65.7 Å². The van der Waals surface area contributed by atoms with E-state index in [2.05, 4.69) is 15.5 Å². The van der Waals surface area contributed by atoms with E-state index >= 15 is 0 Å². The number of hydrogen-bond acceptors (Lipinski definition) is 3. The van der Waals surface area contributed by atoms with Crippen LogP contribution in [0.2, 0.25) is 0 Å². The maximum Gasteiger partial charge on any atom is 0.226 e. The molecule has 3 aromatic rings. The number of carbonyl (C=O) groups excluding carboxylic acids is 1. The van der Waals surface area contributed by atoms with Gasteiger partial charge in [0.25, 0.3) is 0 Å². The third kappa shape index (κ3) is 2.44. The Morgan fingerprint density at radius 1 is 1.12 bits per heavy atom. The number of carbonyl (C=O) groups is 1. The number of anilines is 1. The van der Waals surface area contributed by atoms with Crippen molar-refractivity contribution in [1.29, 1.82) is 0 Å². The maximum atomic E-state index is 12.1. The summed E-state index contributed by atoms with van der Waals surface area (Å²) in [5, 5.41) is 10.3. The van der Waals surface area contributed by atoms with Crippen molar-refractivity contribution in [1.82, 2.24) is 10.2 Å². The Bertz CT molecular complexity index is 887. The fourth-order valence-electron chi connectivity index (χ4n) is 3.22. The van der Waals surface area contributed by atoms with Gasteiger partial charge in [0.15, 0.2) is 5.82 Å². The van der Waals surface area contributed by atoms with Crippen molar-refractivity contribution < 1.29 is 9.53 Å². The van der Waals surface area contributed by atoms with Crippen molar-refractivity contribution in [3.63, 3.8) is 0 Å². The summed E-state index contributed by atoms with van der Waals surface area (Å²) in [5.74, 6) is 1.31. The molecule has 1 aromatic heterocycles. The molecule has 1 amide bonds. The first-order valence-electron chi connectivity index (χ1n) is 7.83. The molecule has 0 fully saturated rings. The zero-order valence-electron chi connectivity index (χ0n) is 13.2. The van der Waals surface area contributed by atoms with E-state index in [1.165, 1.54) is 0 Å². The molecule has 5 nitrogen and oxygen atoms in total. The van der Waals surface area contributed by atoms with E-state index in [0.717, 1.165) is 28.1 Å². The third-order valence-electron chi connectivity index (χ3n) is 4.36. The molecule has 1 aliphatic rings. The van der Waals surface area contributed by atoms with E-state index in [-0.39, 0.29) is 11.8 Å². The van der Waals surface area contributed by atoms with E-state index < -0.39 is 0 Å². The van der Waals surface area contributed by atoms with Crippen LogP contribution in [0.5, 0.6) is 5.75 Å². The van der Waals surface area contributed by atoms with Crippen LogP contribution in [0, 0.1) is 0 Å². The first-order valence-corrected chi connectivity index (χ1v) is 7.83. The average molecular weight is 319 g/mol. The van der Waals surface area contributed by atoms with E-state index in [1.807, 2.05) is 54.6 Å². The van der Waals surface area contributed by atoms with Crippen LogP contribution in [0.25, 0.3) is 11.3 Å². The van der Waals surface area contributed by atoms with Gasteiger partial charge in [0.1, 0.15) is 5.75 Å². The summed E-state index contributed by atoms with van der Waals surface area (Å²) in [7, 11) is 1.64. The summed E-state index contributed by atoms with van der Waals surface area (Å²) in [4.78, 5) is 12.1. The minimum Gasteiger partial charge on any atom is -0.497 e. The summed E-state index contributed by atoms with van der Waals surface area (Å²) in [6.07, 6.45) is 0.388. The van der Waals surface area contributed by atoms with Gasteiger partial charge >= 0.3 is 0 Å². The van der Waals surface area contributed by atoms with E-state index in [1.54, 1.807) is 7.11 Å². The normalized spacial score (nSPS) is 16.4. The molecule has 0 radical (unpaired) electrons. The molecule has 0 saturated heterocycles. The van der Waals surface area contributed by atoms with Crippen LogP contribution in [-0.4, -0.2) is 23.2 Å². The fourth-order valence-corrected chi connectivity index (χ4v) is 3.22. The van der Waals surface area contributed by atoms with E-state index in [0.29, 0.717) is 12.2 Å². The number of methoxy groups -OCH3 is 1. The van der Waals surface area contributed by atoms with Crippen molar-refractivity contribution in [2.24, 2.45) is 0 Å². The van der Waals surface area contributed by atoms with Gasteiger partial charge in [-0.15, -0.1) is 0 Å². The summed E-state index contributed by atoms with van der Waals surface area (Å²) in [6.45, 7) is 0. The second-order valence-electron chi connectivity index (χ2n) is 5.81. The van der Waals surface area contributed by atoms with Gasteiger partial charge in [-0.25, -0.2) is 0 Å². The predicted molar refractivity (Wildman–Crippen MR) is 92.1 cm³/mol. The number of rotatable bonds is 3. The number of fused-ring (bicyclic) bond motifs is 1. The van der Waals surface area contributed by atoms with Gasteiger partial charge in [-0.05, 0) is 23.3 Å². The number of H-pyrrole nitrogens is 1. The second-order valence-corrected chi connectivity index (χ2v) is 5.81. The molecule has 2 aromatic carbocycles. The van der Waals surface area contributed by atoms with Gasteiger partial charge in [-0.3, -0.25) is 9.89 Å². The first kappa shape index (κ1) is 14.5. The van der Waals surface area contributed by atoms with Crippen molar-refractivity contribution in [3.8, 4) is 17.0 Å². The fraction of sp³-hybridized carbons (Fsp3) is 0.158. The number of nitrogens with one attached hydrogen (secondary N) is 2. The van der Waals surface area contributed by atoms with E-state index in [4.69, 9.17) is 4.74 Å². The molecule has 0 saturated carbocycles. The Kier molecular flexibility index (Phi) is 3.54. The predicted octanol–water partition coefficient (Wildman–Crippen LogP) is 3.56. The van der Waals surface area contributed by atoms with Crippen molar-refractivity contribution in [2.45, 2.75) is 12.3 Å². The standard InChI is InChI=1S/C19H17N3O2/c1-24-14-9-5-8-13(10-14)15-11-16(23)20-19-17(15)18(21-22-19)12-6-3-2-4-7-12/h2-10,15H,11H2,1H3,(H2,20,21,22,23)/t15-/m0/s1. The lowest BCUT2D eigenvalue weighted by Crippen LogP contribution is -2.23. The van der Waals surface area contributed by atoms with Crippen LogP contribution in [0.15, 0.2) is 54.6 Å². The van der Waals surface area contributed by atoms with E-state index in [9.17, 15) is 4.79 Å². The Labute approximate surface area is 139 Å². The topological polar surface area (TPSA) is 67.0 Å². The number of aromatic nitrogens is 2. The Morgan fingerprint density at radius 3 is 2.75 bits per heavy atom. The number of aromatic amines is 1. The third-order valence-corrected chi connectivity index (χ3v) is 4.36. The Hall–Kier alpha value is -3.08. The monoisotopic (exact) mass is 319 g/mol. The summed E-state index contributed by atoms with van der Waals surface area (Å²) in [6, 6.07) is 17.9. The minimum atomic E-state index is -0.0576. The van der Waals surface area contributed by atoms with Crippen molar-refractivity contribution >= 4 is 11.7 Å². The molecule has 1 aliphatic heterocycles. The number of nitrogens with zero attached hydrogens (tertiary/aromatic N) is 1. The maximum absolute atomic E-state index is 12.1. The Balaban J connectivity index is 1.86. The van der Waals surface area contributed by atoms with Gasteiger partial charge in [0.05, 0.1) is 12.8 Å². The summed E-state index contributed by atoms with van der Waals surface area (Å²) >= 11 is 0. The lowest BCUT2D eigenvalue weighted by Gasteiger charge is -2.23. The molecule has 2 heterocycles. The number of benzene rings is 2. The molecule has 2 N–H and O–H groups in total. The molecule has 120 valence electrons. The highest BCUT2D eigenvalue weighted by molar-refractivity contribution is 5.96. The SMILES string of the molecule is COc1cccc([C@@H]2CC(=O)Nc3n[nH]c(-c4ccccc4)c32)c1. The van der Waals surface area contributed by atoms with Gasteiger partial charge < -0.3 is 10.1 Å². The molecular weight excluding hydrogens is 302 g/mol. The second kappa shape index (κ2) is 5.85. The van der Waals surface area contributed by atoms with Gasteiger partial charge in [-0.2, -0.15) is 5.10 Å². The molecule has 0 bridgehead atoms. The van der Waals surface area contributed by atoms with Crippen LogP contribution in [0.4, 0.5) is 5.82 Å². The highest BCUT2D eigenvalue weighted by Crippen LogP contribution is 2.42.